The lowest BCUT2D eigenvalue weighted by atomic mass is 10.0. The molecule has 0 bridgehead atoms. The maximum absolute atomic E-state index is 10.3. The van der Waals surface area contributed by atoms with Crippen LogP contribution in [0.1, 0.15) is 22.8 Å². The standard InChI is InChI=1S/C17H17NO2/c1-12-7-9-14(10-8-12)17-18-15(11-20-17)16(19)13-5-3-2-4-6-13/h2-10,15-16,19H,11H2,1H3/t15-,16-/m0/s1. The molecule has 0 spiro atoms. The molecule has 0 aromatic heterocycles. The van der Waals surface area contributed by atoms with Crippen molar-refractivity contribution in [2.75, 3.05) is 6.61 Å². The SMILES string of the molecule is Cc1ccc(C2=N[C@H]([C@@H](O)c3ccccc3)CO2)cc1. The van der Waals surface area contributed by atoms with Gasteiger partial charge in [0.1, 0.15) is 18.8 Å². The number of aliphatic hydroxyl groups is 1. The molecule has 0 fully saturated rings. The lowest BCUT2D eigenvalue weighted by Crippen LogP contribution is -2.17. The average Bonchev–Trinajstić information content (AvgIpc) is 2.98. The van der Waals surface area contributed by atoms with Crippen molar-refractivity contribution in [3.63, 3.8) is 0 Å². The number of aliphatic hydroxyl groups excluding tert-OH is 1. The summed E-state index contributed by atoms with van der Waals surface area (Å²) in [6, 6.07) is 17.4. The number of nitrogens with zero attached hydrogens (tertiary/aromatic N) is 1. The summed E-state index contributed by atoms with van der Waals surface area (Å²) in [6.07, 6.45) is -0.626. The third kappa shape index (κ3) is 2.58. The molecule has 3 heteroatoms. The predicted octanol–water partition coefficient (Wildman–Crippen LogP) is 2.87. The van der Waals surface area contributed by atoms with Gasteiger partial charge in [-0.2, -0.15) is 0 Å². The molecule has 0 saturated heterocycles. The zero-order chi connectivity index (χ0) is 13.9. The molecule has 2 atom stereocenters. The summed E-state index contributed by atoms with van der Waals surface area (Å²) in [5.41, 5.74) is 3.03. The normalized spacial score (nSPS) is 19.3. The van der Waals surface area contributed by atoms with Crippen LogP contribution in [0.5, 0.6) is 0 Å². The van der Waals surface area contributed by atoms with Gasteiger partial charge in [0.25, 0.3) is 0 Å². The summed E-state index contributed by atoms with van der Waals surface area (Å²) in [5.74, 6) is 0.616. The Labute approximate surface area is 118 Å². The summed E-state index contributed by atoms with van der Waals surface area (Å²) in [7, 11) is 0. The Morgan fingerprint density at radius 2 is 1.80 bits per heavy atom. The molecule has 0 amide bonds. The highest BCUT2D eigenvalue weighted by molar-refractivity contribution is 5.95. The topological polar surface area (TPSA) is 41.8 Å². The summed E-state index contributed by atoms with van der Waals surface area (Å²) in [6.45, 7) is 2.46. The molecule has 0 radical (unpaired) electrons. The van der Waals surface area contributed by atoms with Crippen molar-refractivity contribution < 1.29 is 9.84 Å². The van der Waals surface area contributed by atoms with Crippen molar-refractivity contribution >= 4 is 5.90 Å². The fourth-order valence-electron chi connectivity index (χ4n) is 2.28. The molecule has 1 N–H and O–H groups in total. The molecule has 2 aromatic carbocycles. The monoisotopic (exact) mass is 267 g/mol. The first kappa shape index (κ1) is 12.9. The summed E-state index contributed by atoms with van der Waals surface area (Å²) in [5, 5.41) is 10.3. The van der Waals surface area contributed by atoms with Crippen LogP contribution in [0.4, 0.5) is 0 Å². The first-order valence-electron chi connectivity index (χ1n) is 6.75. The lowest BCUT2D eigenvalue weighted by Gasteiger charge is -2.13. The Morgan fingerprint density at radius 1 is 1.10 bits per heavy atom. The Hall–Kier alpha value is -2.13. The van der Waals surface area contributed by atoms with Gasteiger partial charge in [0.05, 0.1) is 0 Å². The van der Waals surface area contributed by atoms with Crippen molar-refractivity contribution in [1.82, 2.24) is 0 Å². The van der Waals surface area contributed by atoms with Gasteiger partial charge in [-0.1, -0.05) is 48.0 Å². The Bertz CT molecular complexity index is 605. The fraction of sp³-hybridized carbons (Fsp3) is 0.235. The van der Waals surface area contributed by atoms with Gasteiger partial charge in [0, 0.05) is 5.56 Å². The lowest BCUT2D eigenvalue weighted by molar-refractivity contribution is 0.130. The molecule has 3 nitrogen and oxygen atoms in total. The van der Waals surface area contributed by atoms with E-state index in [4.69, 9.17) is 4.74 Å². The highest BCUT2D eigenvalue weighted by Crippen LogP contribution is 2.24. The molecule has 0 aliphatic carbocycles. The van der Waals surface area contributed by atoms with E-state index in [0.29, 0.717) is 12.5 Å². The molecule has 3 rings (SSSR count). The minimum Gasteiger partial charge on any atom is -0.475 e. The largest absolute Gasteiger partial charge is 0.475 e. The highest BCUT2D eigenvalue weighted by atomic mass is 16.5. The highest BCUT2D eigenvalue weighted by Gasteiger charge is 2.27. The number of aliphatic imine (C=N–C) groups is 1. The number of hydrogen-bond acceptors (Lipinski definition) is 3. The van der Waals surface area contributed by atoms with Crippen LogP contribution in [0.3, 0.4) is 0 Å². The molecule has 2 aromatic rings. The predicted molar refractivity (Wildman–Crippen MR) is 78.9 cm³/mol. The number of aryl methyl sites for hydroxylation is 1. The number of hydrogen-bond donors (Lipinski definition) is 1. The quantitative estimate of drug-likeness (QED) is 0.929. The zero-order valence-electron chi connectivity index (χ0n) is 11.4. The molecular formula is C17H17NO2. The third-order valence-corrected chi connectivity index (χ3v) is 3.48. The minimum atomic E-state index is -0.626. The number of benzene rings is 2. The van der Waals surface area contributed by atoms with E-state index in [-0.39, 0.29) is 6.04 Å². The first-order chi connectivity index (χ1) is 9.74. The smallest absolute Gasteiger partial charge is 0.216 e. The molecule has 102 valence electrons. The molecule has 0 saturated carbocycles. The van der Waals surface area contributed by atoms with Gasteiger partial charge < -0.3 is 9.84 Å². The third-order valence-electron chi connectivity index (χ3n) is 3.48. The minimum absolute atomic E-state index is 0.242. The van der Waals surface area contributed by atoms with E-state index >= 15 is 0 Å². The van der Waals surface area contributed by atoms with Crippen molar-refractivity contribution in [3.8, 4) is 0 Å². The van der Waals surface area contributed by atoms with E-state index in [1.165, 1.54) is 5.56 Å². The number of rotatable bonds is 3. The maximum atomic E-state index is 10.3. The van der Waals surface area contributed by atoms with Gasteiger partial charge >= 0.3 is 0 Å². The van der Waals surface area contributed by atoms with Crippen LogP contribution >= 0.6 is 0 Å². The van der Waals surface area contributed by atoms with Gasteiger partial charge in [-0.25, -0.2) is 4.99 Å². The van der Waals surface area contributed by atoms with Crippen molar-refractivity contribution in [2.45, 2.75) is 19.1 Å². The van der Waals surface area contributed by atoms with E-state index in [0.717, 1.165) is 11.1 Å². The second-order valence-electron chi connectivity index (χ2n) is 5.03. The first-order valence-corrected chi connectivity index (χ1v) is 6.75. The summed E-state index contributed by atoms with van der Waals surface area (Å²) >= 11 is 0. The van der Waals surface area contributed by atoms with Gasteiger partial charge in [-0.3, -0.25) is 0 Å². The van der Waals surface area contributed by atoms with Crippen LogP contribution < -0.4 is 0 Å². The summed E-state index contributed by atoms with van der Waals surface area (Å²) < 4.78 is 5.62. The molecule has 0 unspecified atom stereocenters. The van der Waals surface area contributed by atoms with E-state index in [1.54, 1.807) is 0 Å². The molecule has 1 heterocycles. The Kier molecular flexibility index (Phi) is 3.52. The van der Waals surface area contributed by atoms with Gasteiger partial charge in [0.2, 0.25) is 5.90 Å². The number of ether oxygens (including phenoxy) is 1. The van der Waals surface area contributed by atoms with Crippen LogP contribution in [-0.4, -0.2) is 23.7 Å². The average molecular weight is 267 g/mol. The van der Waals surface area contributed by atoms with Gasteiger partial charge in [-0.05, 0) is 24.6 Å². The second kappa shape index (κ2) is 5.47. The molecular weight excluding hydrogens is 250 g/mol. The Balaban J connectivity index is 1.79. The van der Waals surface area contributed by atoms with Gasteiger partial charge in [-0.15, -0.1) is 0 Å². The van der Waals surface area contributed by atoms with E-state index in [9.17, 15) is 5.11 Å². The van der Waals surface area contributed by atoms with Crippen LogP contribution in [0.15, 0.2) is 59.6 Å². The second-order valence-corrected chi connectivity index (χ2v) is 5.03. The van der Waals surface area contributed by atoms with Gasteiger partial charge in [0.15, 0.2) is 0 Å². The molecule has 20 heavy (non-hydrogen) atoms. The van der Waals surface area contributed by atoms with E-state index in [2.05, 4.69) is 4.99 Å². The fourth-order valence-corrected chi connectivity index (χ4v) is 2.28. The zero-order valence-corrected chi connectivity index (χ0v) is 11.4. The maximum Gasteiger partial charge on any atom is 0.216 e. The Morgan fingerprint density at radius 3 is 2.50 bits per heavy atom. The van der Waals surface area contributed by atoms with Crippen LogP contribution in [-0.2, 0) is 4.74 Å². The van der Waals surface area contributed by atoms with Crippen molar-refractivity contribution in [1.29, 1.82) is 0 Å². The molecule has 1 aliphatic rings. The van der Waals surface area contributed by atoms with Crippen LogP contribution in [0.2, 0.25) is 0 Å². The summed E-state index contributed by atoms with van der Waals surface area (Å²) in [4.78, 5) is 4.51. The molecule has 1 aliphatic heterocycles. The van der Waals surface area contributed by atoms with E-state index < -0.39 is 6.10 Å². The van der Waals surface area contributed by atoms with E-state index in [1.807, 2.05) is 61.5 Å². The van der Waals surface area contributed by atoms with Crippen molar-refractivity contribution in [2.24, 2.45) is 4.99 Å². The van der Waals surface area contributed by atoms with Crippen LogP contribution in [0.25, 0.3) is 0 Å². The van der Waals surface area contributed by atoms with Crippen LogP contribution in [0, 0.1) is 6.92 Å². The van der Waals surface area contributed by atoms with Crippen molar-refractivity contribution in [3.05, 3.63) is 71.3 Å².